The van der Waals surface area contributed by atoms with E-state index in [1.165, 1.54) is 0 Å². The molecule has 0 atom stereocenters. The maximum atomic E-state index is 12.3. The van der Waals surface area contributed by atoms with Gasteiger partial charge in [0.1, 0.15) is 5.75 Å². The Bertz CT molecular complexity index is 760. The Morgan fingerprint density at radius 3 is 2.31 bits per heavy atom. The minimum absolute atomic E-state index is 0.148. The number of nitrogens with zero attached hydrogens (tertiary/aromatic N) is 3. The lowest BCUT2D eigenvalue weighted by molar-refractivity contribution is -0.0498. The van der Waals surface area contributed by atoms with Crippen molar-refractivity contribution >= 4 is 23.4 Å². The highest BCUT2D eigenvalue weighted by Gasteiger charge is 2.11. The maximum Gasteiger partial charge on any atom is 0.387 e. The molecule has 0 unspecified atom stereocenters. The van der Waals surface area contributed by atoms with Gasteiger partial charge in [-0.25, -0.2) is 4.99 Å². The molecule has 0 radical (unpaired) electrons. The summed E-state index contributed by atoms with van der Waals surface area (Å²) in [7, 11) is 3.92. The van der Waals surface area contributed by atoms with E-state index in [0.717, 1.165) is 34.7 Å². The van der Waals surface area contributed by atoms with Crippen LogP contribution in [0.25, 0.3) is 0 Å². The zero-order valence-corrected chi connectivity index (χ0v) is 15.8. The zero-order valence-electron chi connectivity index (χ0n) is 15.8. The Hall–Kier alpha value is -2.63. The molecule has 0 N–H and O–H groups in total. The van der Waals surface area contributed by atoms with E-state index in [1.807, 2.05) is 44.1 Å². The van der Waals surface area contributed by atoms with Crippen LogP contribution < -0.4 is 9.64 Å². The highest BCUT2D eigenvalue weighted by atomic mass is 19.3. The molecule has 0 aliphatic rings. The summed E-state index contributed by atoms with van der Waals surface area (Å²) in [6, 6.07) is 10.7. The van der Waals surface area contributed by atoms with Crippen LogP contribution in [0.4, 0.5) is 25.8 Å². The van der Waals surface area contributed by atoms with Gasteiger partial charge in [-0.3, -0.25) is 0 Å². The van der Waals surface area contributed by atoms with Gasteiger partial charge in [0.25, 0.3) is 0 Å². The van der Waals surface area contributed by atoms with Crippen LogP contribution in [0.5, 0.6) is 5.75 Å². The van der Waals surface area contributed by atoms with Gasteiger partial charge in [-0.2, -0.15) is 8.78 Å². The first-order valence-electron chi connectivity index (χ1n) is 8.46. The lowest BCUT2D eigenvalue weighted by Crippen LogP contribution is -2.14. The highest BCUT2D eigenvalue weighted by molar-refractivity contribution is 5.72. The van der Waals surface area contributed by atoms with E-state index in [1.54, 1.807) is 24.3 Å². The van der Waals surface area contributed by atoms with Gasteiger partial charge in [0.15, 0.2) is 0 Å². The van der Waals surface area contributed by atoms with E-state index in [-0.39, 0.29) is 5.75 Å². The third-order valence-electron chi connectivity index (χ3n) is 4.22. The molecule has 0 amide bonds. The molecule has 2 aromatic rings. The molecule has 0 saturated carbocycles. The Morgan fingerprint density at radius 1 is 1.08 bits per heavy atom. The molecular weight excluding hydrogens is 336 g/mol. The summed E-state index contributed by atoms with van der Waals surface area (Å²) in [5, 5.41) is 0. The average Bonchev–Trinajstić information content (AvgIpc) is 2.61. The molecule has 0 heterocycles. The SMILES string of the molecule is CCN(C)C=Nc1cc(C)c(N(C)c2ccc(OC(F)F)cc2)cc1C. The van der Waals surface area contributed by atoms with Crippen molar-refractivity contribution in [3.05, 3.63) is 47.5 Å². The Labute approximate surface area is 153 Å². The smallest absolute Gasteiger partial charge is 0.387 e. The van der Waals surface area contributed by atoms with Crippen LogP contribution in [0.15, 0.2) is 41.4 Å². The molecule has 4 nitrogen and oxygen atoms in total. The third kappa shape index (κ3) is 4.94. The van der Waals surface area contributed by atoms with Gasteiger partial charge in [0, 0.05) is 32.0 Å². The van der Waals surface area contributed by atoms with Crippen LogP contribution in [0.1, 0.15) is 18.1 Å². The summed E-state index contributed by atoms with van der Waals surface area (Å²) in [5.41, 5.74) is 5.00. The molecule has 0 bridgehead atoms. The average molecular weight is 361 g/mol. The molecule has 26 heavy (non-hydrogen) atoms. The van der Waals surface area contributed by atoms with Crippen LogP contribution in [0, 0.1) is 13.8 Å². The third-order valence-corrected chi connectivity index (χ3v) is 4.22. The summed E-state index contributed by atoms with van der Waals surface area (Å²) >= 11 is 0. The van der Waals surface area contributed by atoms with Crippen molar-refractivity contribution in [3.8, 4) is 5.75 Å². The first kappa shape index (κ1) is 19.7. The van der Waals surface area contributed by atoms with Crippen LogP contribution in [-0.4, -0.2) is 38.5 Å². The van der Waals surface area contributed by atoms with Crippen LogP contribution >= 0.6 is 0 Å². The van der Waals surface area contributed by atoms with E-state index in [9.17, 15) is 8.78 Å². The van der Waals surface area contributed by atoms with E-state index in [2.05, 4.69) is 28.8 Å². The Balaban J connectivity index is 2.25. The normalized spacial score (nSPS) is 11.2. The second kappa shape index (κ2) is 8.65. The van der Waals surface area contributed by atoms with Gasteiger partial charge in [-0.05, 0) is 68.3 Å². The van der Waals surface area contributed by atoms with E-state index < -0.39 is 6.61 Å². The minimum atomic E-state index is -2.82. The number of benzene rings is 2. The van der Waals surface area contributed by atoms with Crippen molar-refractivity contribution in [1.82, 2.24) is 4.90 Å². The fourth-order valence-electron chi connectivity index (χ4n) is 2.52. The van der Waals surface area contributed by atoms with Crippen LogP contribution in [-0.2, 0) is 0 Å². The number of aryl methyl sites for hydroxylation is 2. The molecule has 140 valence electrons. The molecule has 0 aromatic heterocycles. The second-order valence-electron chi connectivity index (χ2n) is 6.17. The molecule has 0 saturated heterocycles. The molecule has 2 rings (SSSR count). The predicted molar refractivity (Wildman–Crippen MR) is 104 cm³/mol. The number of halogens is 2. The van der Waals surface area contributed by atoms with Gasteiger partial charge in [0.2, 0.25) is 0 Å². The van der Waals surface area contributed by atoms with Gasteiger partial charge in [-0.15, -0.1) is 0 Å². The van der Waals surface area contributed by atoms with E-state index in [0.29, 0.717) is 0 Å². The van der Waals surface area contributed by atoms with Crippen molar-refractivity contribution in [3.63, 3.8) is 0 Å². The highest BCUT2D eigenvalue weighted by Crippen LogP contribution is 2.33. The predicted octanol–water partition coefficient (Wildman–Crippen LogP) is 5.28. The Morgan fingerprint density at radius 2 is 1.73 bits per heavy atom. The summed E-state index contributed by atoms with van der Waals surface area (Å²) in [5.74, 6) is 0.148. The molecule has 0 aliphatic heterocycles. The number of ether oxygens (including phenoxy) is 1. The molecule has 2 aromatic carbocycles. The summed E-state index contributed by atoms with van der Waals surface area (Å²) in [6.07, 6.45) is 1.83. The number of alkyl halides is 2. The molecular formula is C20H25F2N3O. The van der Waals surface area contributed by atoms with Crippen LogP contribution in [0.2, 0.25) is 0 Å². The lowest BCUT2D eigenvalue weighted by atomic mass is 10.1. The van der Waals surface area contributed by atoms with Gasteiger partial charge in [0.05, 0.1) is 12.0 Å². The molecule has 6 heteroatoms. The monoisotopic (exact) mass is 361 g/mol. The van der Waals surface area contributed by atoms with Crippen molar-refractivity contribution in [2.45, 2.75) is 27.4 Å². The fourth-order valence-corrected chi connectivity index (χ4v) is 2.52. The summed E-state index contributed by atoms with van der Waals surface area (Å²) in [4.78, 5) is 8.57. The zero-order chi connectivity index (χ0) is 19.3. The van der Waals surface area contributed by atoms with Crippen molar-refractivity contribution in [1.29, 1.82) is 0 Å². The maximum absolute atomic E-state index is 12.3. The number of hydrogen-bond acceptors (Lipinski definition) is 3. The fraction of sp³-hybridized carbons (Fsp3) is 0.350. The Kier molecular flexibility index (Phi) is 6.55. The van der Waals surface area contributed by atoms with Crippen LogP contribution in [0.3, 0.4) is 0 Å². The standard InChI is InChI=1S/C20H25F2N3O/c1-6-24(4)13-23-18-11-15(3)19(12-14(18)2)25(5)16-7-9-17(10-8-16)26-20(21)22/h7-13,20H,6H2,1-5H3. The molecule has 0 aliphatic carbocycles. The second-order valence-corrected chi connectivity index (χ2v) is 6.17. The van der Waals surface area contributed by atoms with Crippen molar-refractivity contribution < 1.29 is 13.5 Å². The van der Waals surface area contributed by atoms with Crippen molar-refractivity contribution in [2.24, 2.45) is 4.99 Å². The van der Waals surface area contributed by atoms with Crippen molar-refractivity contribution in [2.75, 3.05) is 25.5 Å². The number of anilines is 2. The van der Waals surface area contributed by atoms with Gasteiger partial charge in [-0.1, -0.05) is 0 Å². The van der Waals surface area contributed by atoms with Gasteiger partial charge < -0.3 is 14.5 Å². The topological polar surface area (TPSA) is 28.1 Å². The molecule has 0 fully saturated rings. The van der Waals surface area contributed by atoms with Gasteiger partial charge >= 0.3 is 6.61 Å². The quantitative estimate of drug-likeness (QED) is 0.496. The molecule has 0 spiro atoms. The summed E-state index contributed by atoms with van der Waals surface area (Å²) in [6.45, 7) is 4.20. The first-order chi connectivity index (χ1) is 12.3. The number of rotatable bonds is 7. The largest absolute Gasteiger partial charge is 0.435 e. The lowest BCUT2D eigenvalue weighted by Gasteiger charge is -2.23. The minimum Gasteiger partial charge on any atom is -0.435 e. The van der Waals surface area contributed by atoms with E-state index in [4.69, 9.17) is 0 Å². The number of hydrogen-bond donors (Lipinski definition) is 0. The summed E-state index contributed by atoms with van der Waals surface area (Å²) < 4.78 is 28.9. The first-order valence-corrected chi connectivity index (χ1v) is 8.46. The number of aliphatic imine (C=N–C) groups is 1. The van der Waals surface area contributed by atoms with E-state index >= 15 is 0 Å².